The normalized spacial score (nSPS) is 21.1. The largest absolute Gasteiger partial charge is 0.477 e. The van der Waals surface area contributed by atoms with E-state index in [-0.39, 0.29) is 28.9 Å². The van der Waals surface area contributed by atoms with E-state index in [1.54, 1.807) is 4.57 Å². The van der Waals surface area contributed by atoms with Crippen LogP contribution >= 0.6 is 0 Å². The van der Waals surface area contributed by atoms with E-state index in [0.717, 1.165) is 38.3 Å². The quantitative estimate of drug-likeness (QED) is 0.856. The summed E-state index contributed by atoms with van der Waals surface area (Å²) >= 11 is 0. The summed E-state index contributed by atoms with van der Waals surface area (Å²) in [7, 11) is 0. The van der Waals surface area contributed by atoms with E-state index in [9.17, 15) is 19.1 Å². The van der Waals surface area contributed by atoms with Crippen molar-refractivity contribution in [3.05, 3.63) is 33.9 Å². The molecule has 1 aliphatic heterocycles. The van der Waals surface area contributed by atoms with E-state index in [0.29, 0.717) is 18.7 Å². The summed E-state index contributed by atoms with van der Waals surface area (Å²) in [5.41, 5.74) is -0.642. The van der Waals surface area contributed by atoms with Gasteiger partial charge in [0.25, 0.3) is 0 Å². The Labute approximate surface area is 155 Å². The van der Waals surface area contributed by atoms with Gasteiger partial charge in [-0.1, -0.05) is 12.8 Å². The fraction of sp³-hybridized carbons (Fsp3) is 0.526. The number of carboxylic acids is 1. The number of fused-ring (bicyclic) bond motifs is 1. The molecule has 1 atom stereocenters. The summed E-state index contributed by atoms with van der Waals surface area (Å²) in [5, 5.41) is 12.8. The molecule has 0 aromatic carbocycles. The highest BCUT2D eigenvalue weighted by molar-refractivity contribution is 5.92. The van der Waals surface area contributed by atoms with Gasteiger partial charge in [0.2, 0.25) is 5.43 Å². The van der Waals surface area contributed by atoms with E-state index in [2.05, 4.69) is 10.3 Å². The summed E-state index contributed by atoms with van der Waals surface area (Å²) in [6.07, 6.45) is 5.28. The van der Waals surface area contributed by atoms with Gasteiger partial charge in [-0.2, -0.15) is 0 Å². The van der Waals surface area contributed by atoms with Crippen LogP contribution in [-0.4, -0.2) is 46.3 Å². The number of hydrogen-bond donors (Lipinski definition) is 2. The predicted molar refractivity (Wildman–Crippen MR) is 100 cm³/mol. The monoisotopic (exact) mass is 374 g/mol. The van der Waals surface area contributed by atoms with Gasteiger partial charge in [0, 0.05) is 37.9 Å². The molecule has 3 heterocycles. The minimum Gasteiger partial charge on any atom is -0.477 e. The lowest BCUT2D eigenvalue weighted by Crippen LogP contribution is -2.49. The standard InChI is InChI=1S/C19H23FN4O3/c1-11-9-23(7-6-21-11)18-15(20)8-13-16(25)14(19(26)27)10-24(17(13)22-18)12-4-2-3-5-12/h8,10-12,21H,2-7,9H2,1H3,(H,26,27). The van der Waals surface area contributed by atoms with Gasteiger partial charge >= 0.3 is 5.97 Å². The predicted octanol–water partition coefficient (Wildman–Crippen LogP) is 2.15. The molecule has 0 radical (unpaired) electrons. The SMILES string of the molecule is CC1CN(c2nc3c(cc2F)c(=O)c(C(=O)O)cn3C2CCCC2)CCN1. The lowest BCUT2D eigenvalue weighted by atomic mass is 10.1. The van der Waals surface area contributed by atoms with Crippen molar-refractivity contribution < 1.29 is 14.3 Å². The average molecular weight is 374 g/mol. The molecular weight excluding hydrogens is 351 g/mol. The molecule has 0 spiro atoms. The maximum atomic E-state index is 14.8. The Balaban J connectivity index is 1.93. The number of anilines is 1. The van der Waals surface area contributed by atoms with Crippen LogP contribution in [0.3, 0.4) is 0 Å². The molecule has 8 heteroatoms. The van der Waals surface area contributed by atoms with Crippen LogP contribution in [0.5, 0.6) is 0 Å². The van der Waals surface area contributed by atoms with Crippen molar-refractivity contribution in [2.45, 2.75) is 44.7 Å². The second-order valence-corrected chi connectivity index (χ2v) is 7.49. The molecule has 4 rings (SSSR count). The highest BCUT2D eigenvalue weighted by Crippen LogP contribution is 2.32. The first-order chi connectivity index (χ1) is 13.0. The molecule has 1 aliphatic carbocycles. The first-order valence-electron chi connectivity index (χ1n) is 9.42. The molecule has 2 N–H and O–H groups in total. The molecule has 27 heavy (non-hydrogen) atoms. The first-order valence-corrected chi connectivity index (χ1v) is 9.42. The number of hydrogen-bond acceptors (Lipinski definition) is 5. The highest BCUT2D eigenvalue weighted by atomic mass is 19.1. The van der Waals surface area contributed by atoms with Crippen LogP contribution in [0.15, 0.2) is 17.1 Å². The van der Waals surface area contributed by atoms with Crippen LogP contribution in [0.2, 0.25) is 0 Å². The molecule has 7 nitrogen and oxygen atoms in total. The highest BCUT2D eigenvalue weighted by Gasteiger charge is 2.26. The fourth-order valence-corrected chi connectivity index (χ4v) is 4.20. The lowest BCUT2D eigenvalue weighted by Gasteiger charge is -2.33. The zero-order valence-electron chi connectivity index (χ0n) is 15.2. The van der Waals surface area contributed by atoms with Gasteiger partial charge in [-0.3, -0.25) is 4.79 Å². The number of aromatic nitrogens is 2. The van der Waals surface area contributed by atoms with Crippen molar-refractivity contribution >= 4 is 22.8 Å². The number of nitrogens with zero attached hydrogens (tertiary/aromatic N) is 3. The third-order valence-electron chi connectivity index (χ3n) is 5.56. The molecule has 144 valence electrons. The Bertz CT molecular complexity index is 952. The zero-order chi connectivity index (χ0) is 19.1. The van der Waals surface area contributed by atoms with Crippen LogP contribution in [-0.2, 0) is 0 Å². The van der Waals surface area contributed by atoms with Gasteiger partial charge in [-0.25, -0.2) is 14.2 Å². The van der Waals surface area contributed by atoms with E-state index in [1.165, 1.54) is 6.20 Å². The molecule has 0 bridgehead atoms. The minimum absolute atomic E-state index is 0.0335. The van der Waals surface area contributed by atoms with Crippen molar-refractivity contribution in [3.8, 4) is 0 Å². The number of pyridine rings is 2. The van der Waals surface area contributed by atoms with E-state index >= 15 is 0 Å². The number of aromatic carboxylic acids is 1. The Morgan fingerprint density at radius 3 is 2.78 bits per heavy atom. The number of piperazine rings is 1. The second-order valence-electron chi connectivity index (χ2n) is 7.49. The van der Waals surface area contributed by atoms with Crippen LogP contribution in [0, 0.1) is 5.82 Å². The van der Waals surface area contributed by atoms with Gasteiger partial charge in [-0.05, 0) is 25.8 Å². The minimum atomic E-state index is -1.30. The molecule has 1 saturated carbocycles. The van der Waals surface area contributed by atoms with Crippen molar-refractivity contribution in [3.63, 3.8) is 0 Å². The van der Waals surface area contributed by atoms with Crippen molar-refractivity contribution in [2.24, 2.45) is 0 Å². The fourth-order valence-electron chi connectivity index (χ4n) is 4.20. The topological polar surface area (TPSA) is 87.5 Å². The Morgan fingerprint density at radius 2 is 2.11 bits per heavy atom. The van der Waals surface area contributed by atoms with Crippen LogP contribution < -0.4 is 15.6 Å². The number of carbonyl (C=O) groups is 1. The Morgan fingerprint density at radius 1 is 1.37 bits per heavy atom. The summed E-state index contributed by atoms with van der Waals surface area (Å²) in [6.45, 7) is 4.00. The van der Waals surface area contributed by atoms with E-state index in [4.69, 9.17) is 0 Å². The van der Waals surface area contributed by atoms with Gasteiger partial charge in [0.1, 0.15) is 11.2 Å². The third-order valence-corrected chi connectivity index (χ3v) is 5.56. The van der Waals surface area contributed by atoms with Crippen LogP contribution in [0.25, 0.3) is 11.0 Å². The van der Waals surface area contributed by atoms with E-state index in [1.807, 2.05) is 11.8 Å². The first kappa shape index (κ1) is 17.9. The Hall–Kier alpha value is -2.48. The van der Waals surface area contributed by atoms with Gasteiger partial charge in [-0.15, -0.1) is 0 Å². The smallest absolute Gasteiger partial charge is 0.341 e. The maximum Gasteiger partial charge on any atom is 0.341 e. The summed E-state index contributed by atoms with van der Waals surface area (Å²) in [5.74, 6) is -1.66. The molecule has 1 unspecified atom stereocenters. The van der Waals surface area contributed by atoms with Crippen LogP contribution in [0.1, 0.15) is 49.0 Å². The zero-order valence-corrected chi connectivity index (χ0v) is 15.2. The number of rotatable bonds is 3. The molecular formula is C19H23FN4O3. The van der Waals surface area contributed by atoms with Crippen molar-refractivity contribution in [1.29, 1.82) is 0 Å². The molecule has 1 saturated heterocycles. The molecule has 2 aliphatic rings. The lowest BCUT2D eigenvalue weighted by molar-refractivity contribution is 0.0694. The maximum absolute atomic E-state index is 14.8. The van der Waals surface area contributed by atoms with Gasteiger partial charge in [0.05, 0.1) is 5.39 Å². The van der Waals surface area contributed by atoms with E-state index < -0.39 is 17.2 Å². The van der Waals surface area contributed by atoms with Crippen LogP contribution in [0.4, 0.5) is 10.2 Å². The van der Waals surface area contributed by atoms with Gasteiger partial charge < -0.3 is 19.9 Å². The Kier molecular flexibility index (Phi) is 4.59. The number of nitrogens with one attached hydrogen (secondary N) is 1. The number of halogens is 1. The molecule has 0 amide bonds. The molecule has 2 aromatic rings. The summed E-state index contributed by atoms with van der Waals surface area (Å²) in [4.78, 5) is 30.5. The van der Waals surface area contributed by atoms with Crippen molar-refractivity contribution in [1.82, 2.24) is 14.9 Å². The van der Waals surface area contributed by atoms with Gasteiger partial charge in [0.15, 0.2) is 11.6 Å². The van der Waals surface area contributed by atoms with Crippen molar-refractivity contribution in [2.75, 3.05) is 24.5 Å². The summed E-state index contributed by atoms with van der Waals surface area (Å²) in [6, 6.07) is 1.45. The molecule has 2 aromatic heterocycles. The number of carboxylic acid groups (broad SMARTS) is 1. The molecule has 2 fully saturated rings. The average Bonchev–Trinajstić information content (AvgIpc) is 3.16. The summed E-state index contributed by atoms with van der Waals surface area (Å²) < 4.78 is 16.6. The second kappa shape index (κ2) is 6.92. The third kappa shape index (κ3) is 3.18.